The maximum Gasteiger partial charge on any atom is 0.238 e. The van der Waals surface area contributed by atoms with E-state index in [0.29, 0.717) is 6.04 Å². The summed E-state index contributed by atoms with van der Waals surface area (Å²) in [5.41, 5.74) is 2.24. The first-order valence-electron chi connectivity index (χ1n) is 6.69. The quantitative estimate of drug-likeness (QED) is 0.445. The second-order valence-corrected chi connectivity index (χ2v) is 5.62. The molecule has 0 saturated heterocycles. The zero-order valence-corrected chi connectivity index (χ0v) is 11.6. The number of hydrazine groups is 1. The van der Waals surface area contributed by atoms with Crippen molar-refractivity contribution in [1.82, 2.24) is 10.3 Å². The summed E-state index contributed by atoms with van der Waals surface area (Å²) in [6.07, 6.45) is 5.11. The lowest BCUT2D eigenvalue weighted by atomic mass is 9.85. The molecule has 1 fully saturated rings. The SMILES string of the molecule is CC1CCC(N(C)C(C)C(C)C(=O)NN)CC1. The zero-order valence-electron chi connectivity index (χ0n) is 11.6. The van der Waals surface area contributed by atoms with E-state index in [9.17, 15) is 4.79 Å². The molecular weight excluding hydrogens is 214 g/mol. The van der Waals surface area contributed by atoms with Gasteiger partial charge < -0.3 is 0 Å². The lowest BCUT2D eigenvalue weighted by Crippen LogP contribution is -2.48. The van der Waals surface area contributed by atoms with Gasteiger partial charge in [0.1, 0.15) is 0 Å². The third-order valence-corrected chi connectivity index (χ3v) is 4.48. The van der Waals surface area contributed by atoms with Crippen molar-refractivity contribution in [3.8, 4) is 0 Å². The van der Waals surface area contributed by atoms with Gasteiger partial charge in [0.2, 0.25) is 5.91 Å². The van der Waals surface area contributed by atoms with Gasteiger partial charge in [0.25, 0.3) is 0 Å². The Hall–Kier alpha value is -0.610. The molecule has 1 aliphatic carbocycles. The van der Waals surface area contributed by atoms with Crippen LogP contribution in [-0.4, -0.2) is 29.9 Å². The van der Waals surface area contributed by atoms with Gasteiger partial charge in [-0.25, -0.2) is 5.84 Å². The maximum atomic E-state index is 11.5. The third kappa shape index (κ3) is 3.68. The average molecular weight is 241 g/mol. The molecule has 17 heavy (non-hydrogen) atoms. The molecule has 4 nitrogen and oxygen atoms in total. The molecule has 2 atom stereocenters. The first-order chi connectivity index (χ1) is 7.97. The average Bonchev–Trinajstić information content (AvgIpc) is 2.36. The van der Waals surface area contributed by atoms with E-state index in [0.717, 1.165) is 5.92 Å². The molecule has 1 saturated carbocycles. The molecule has 0 aliphatic heterocycles. The highest BCUT2D eigenvalue weighted by Crippen LogP contribution is 2.28. The molecule has 100 valence electrons. The van der Waals surface area contributed by atoms with Crippen LogP contribution >= 0.6 is 0 Å². The molecule has 3 N–H and O–H groups in total. The van der Waals surface area contributed by atoms with Crippen LogP contribution in [0.1, 0.15) is 46.5 Å². The highest BCUT2D eigenvalue weighted by atomic mass is 16.2. The molecule has 0 spiro atoms. The second-order valence-electron chi connectivity index (χ2n) is 5.62. The van der Waals surface area contributed by atoms with E-state index >= 15 is 0 Å². The minimum atomic E-state index is -0.0754. The first-order valence-corrected chi connectivity index (χ1v) is 6.69. The van der Waals surface area contributed by atoms with Crippen LogP contribution in [0.15, 0.2) is 0 Å². The number of carbonyl (C=O) groups excluding carboxylic acids is 1. The predicted molar refractivity (Wildman–Crippen MR) is 70.1 cm³/mol. The van der Waals surface area contributed by atoms with Crippen LogP contribution in [0.5, 0.6) is 0 Å². The fraction of sp³-hybridized carbons (Fsp3) is 0.923. The standard InChI is InChI=1S/C13H27N3O/c1-9-5-7-12(8-6-9)16(4)11(3)10(2)13(17)15-14/h9-12H,5-8,14H2,1-4H3,(H,15,17). The van der Waals surface area contributed by atoms with Crippen LogP contribution in [0.4, 0.5) is 0 Å². The number of carbonyl (C=O) groups is 1. The maximum absolute atomic E-state index is 11.5. The van der Waals surface area contributed by atoms with Crippen LogP contribution in [0.3, 0.4) is 0 Å². The van der Waals surface area contributed by atoms with E-state index in [1.807, 2.05) is 6.92 Å². The Labute approximate surface area is 105 Å². The van der Waals surface area contributed by atoms with Crippen molar-refractivity contribution in [2.45, 2.75) is 58.5 Å². The summed E-state index contributed by atoms with van der Waals surface area (Å²) in [7, 11) is 2.13. The Morgan fingerprint density at radius 2 is 1.82 bits per heavy atom. The third-order valence-electron chi connectivity index (χ3n) is 4.48. The first kappa shape index (κ1) is 14.5. The van der Waals surface area contributed by atoms with Crippen molar-refractivity contribution in [3.05, 3.63) is 0 Å². The summed E-state index contributed by atoms with van der Waals surface area (Å²) < 4.78 is 0. The summed E-state index contributed by atoms with van der Waals surface area (Å²) in [4.78, 5) is 13.9. The Kier molecular flexibility index (Phi) is 5.40. The van der Waals surface area contributed by atoms with Gasteiger partial charge in [-0.1, -0.05) is 13.8 Å². The van der Waals surface area contributed by atoms with Gasteiger partial charge in [-0.2, -0.15) is 0 Å². The summed E-state index contributed by atoms with van der Waals surface area (Å²) in [6.45, 7) is 6.37. The largest absolute Gasteiger partial charge is 0.300 e. The number of nitrogens with two attached hydrogens (primary N) is 1. The Bertz CT molecular complexity index is 249. The molecule has 4 heteroatoms. The fourth-order valence-corrected chi connectivity index (χ4v) is 2.69. The van der Waals surface area contributed by atoms with E-state index < -0.39 is 0 Å². The number of rotatable bonds is 4. The Balaban J connectivity index is 2.51. The Morgan fingerprint density at radius 1 is 1.29 bits per heavy atom. The highest BCUT2D eigenvalue weighted by Gasteiger charge is 2.29. The Morgan fingerprint density at radius 3 is 2.29 bits per heavy atom. The fourth-order valence-electron chi connectivity index (χ4n) is 2.69. The number of nitrogens with one attached hydrogen (secondary N) is 1. The van der Waals surface area contributed by atoms with Crippen LogP contribution in [0, 0.1) is 11.8 Å². The summed E-state index contributed by atoms with van der Waals surface area (Å²) >= 11 is 0. The molecular formula is C13H27N3O. The van der Waals surface area contributed by atoms with Crippen molar-refractivity contribution in [1.29, 1.82) is 0 Å². The highest BCUT2D eigenvalue weighted by molar-refractivity contribution is 5.78. The lowest BCUT2D eigenvalue weighted by molar-refractivity contribution is -0.126. The van der Waals surface area contributed by atoms with Crippen molar-refractivity contribution >= 4 is 5.91 Å². The summed E-state index contributed by atoms with van der Waals surface area (Å²) in [5, 5.41) is 0. The van der Waals surface area contributed by atoms with Gasteiger partial charge in [0, 0.05) is 12.1 Å². The molecule has 1 aliphatic rings. The van der Waals surface area contributed by atoms with Gasteiger partial charge >= 0.3 is 0 Å². The molecule has 0 aromatic carbocycles. The second kappa shape index (κ2) is 6.36. The molecule has 1 rings (SSSR count). The molecule has 0 bridgehead atoms. The van der Waals surface area contributed by atoms with E-state index in [-0.39, 0.29) is 17.9 Å². The van der Waals surface area contributed by atoms with E-state index in [4.69, 9.17) is 5.84 Å². The lowest BCUT2D eigenvalue weighted by Gasteiger charge is -2.39. The van der Waals surface area contributed by atoms with Gasteiger partial charge in [0.15, 0.2) is 0 Å². The van der Waals surface area contributed by atoms with Gasteiger partial charge in [-0.15, -0.1) is 0 Å². The van der Waals surface area contributed by atoms with E-state index in [1.165, 1.54) is 25.7 Å². The molecule has 0 heterocycles. The van der Waals surface area contributed by atoms with Crippen molar-refractivity contribution in [2.24, 2.45) is 17.7 Å². The van der Waals surface area contributed by atoms with E-state index in [2.05, 4.69) is 31.2 Å². The molecule has 2 unspecified atom stereocenters. The van der Waals surface area contributed by atoms with Gasteiger partial charge in [0.05, 0.1) is 5.92 Å². The molecule has 0 aromatic rings. The summed E-state index contributed by atoms with van der Waals surface area (Å²) in [6, 6.07) is 0.853. The van der Waals surface area contributed by atoms with Crippen LogP contribution in [0.25, 0.3) is 0 Å². The van der Waals surface area contributed by atoms with E-state index in [1.54, 1.807) is 0 Å². The van der Waals surface area contributed by atoms with Crippen molar-refractivity contribution in [3.63, 3.8) is 0 Å². The van der Waals surface area contributed by atoms with Crippen LogP contribution in [0.2, 0.25) is 0 Å². The van der Waals surface area contributed by atoms with Crippen LogP contribution < -0.4 is 11.3 Å². The topological polar surface area (TPSA) is 58.4 Å². The molecule has 0 radical (unpaired) electrons. The predicted octanol–water partition coefficient (Wildman–Crippen LogP) is 1.51. The van der Waals surface area contributed by atoms with Crippen LogP contribution in [-0.2, 0) is 4.79 Å². The minimum Gasteiger partial charge on any atom is -0.300 e. The summed E-state index contributed by atoms with van der Waals surface area (Å²) in [5.74, 6) is 5.91. The number of hydrogen-bond donors (Lipinski definition) is 2. The number of hydrogen-bond acceptors (Lipinski definition) is 3. The van der Waals surface area contributed by atoms with Gasteiger partial charge in [-0.05, 0) is 45.6 Å². The number of nitrogens with zero attached hydrogens (tertiary/aromatic N) is 1. The van der Waals surface area contributed by atoms with Crippen molar-refractivity contribution < 1.29 is 4.79 Å². The van der Waals surface area contributed by atoms with Gasteiger partial charge in [-0.3, -0.25) is 15.1 Å². The van der Waals surface area contributed by atoms with Crippen molar-refractivity contribution in [2.75, 3.05) is 7.05 Å². The minimum absolute atomic E-state index is 0.0654. The molecule has 0 aromatic heterocycles. The zero-order chi connectivity index (χ0) is 13.0. The monoisotopic (exact) mass is 241 g/mol. The smallest absolute Gasteiger partial charge is 0.238 e. The molecule has 1 amide bonds. The normalized spacial score (nSPS) is 28.8. The number of amides is 1.